The fourth-order valence-electron chi connectivity index (χ4n) is 2.26. The Morgan fingerprint density at radius 1 is 1.04 bits per heavy atom. The lowest BCUT2D eigenvalue weighted by atomic mass is 10.0. The second kappa shape index (κ2) is 6.50. The second-order valence-electron chi connectivity index (χ2n) is 5.66. The number of carbonyl (C=O) groups is 1. The van der Waals surface area contributed by atoms with Crippen LogP contribution in [-0.4, -0.2) is 11.9 Å². The number of hydrogen-bond acceptors (Lipinski definition) is 3. The van der Waals surface area contributed by atoms with E-state index in [4.69, 9.17) is 4.74 Å². The standard InChI is InChI=1S/C19H16BrNO2/c1-12(2)14-5-7-15(8-6-14)18-21-17(19(22)23-18)11-13-3-9-16(20)10-4-13/h3-12H,1-2H3/b17-11+. The molecule has 0 aromatic heterocycles. The molecule has 0 bridgehead atoms. The average Bonchev–Trinajstić information content (AvgIpc) is 2.91. The lowest BCUT2D eigenvalue weighted by Crippen LogP contribution is -2.05. The fraction of sp³-hybridized carbons (Fsp3) is 0.158. The van der Waals surface area contributed by atoms with E-state index in [2.05, 4.69) is 34.8 Å². The summed E-state index contributed by atoms with van der Waals surface area (Å²) in [4.78, 5) is 16.3. The maximum atomic E-state index is 12.0. The van der Waals surface area contributed by atoms with Gasteiger partial charge in [-0.3, -0.25) is 0 Å². The van der Waals surface area contributed by atoms with Crippen LogP contribution in [0.3, 0.4) is 0 Å². The Labute approximate surface area is 143 Å². The summed E-state index contributed by atoms with van der Waals surface area (Å²) in [7, 11) is 0. The predicted octanol–water partition coefficient (Wildman–Crippen LogP) is 4.92. The number of esters is 1. The fourth-order valence-corrected chi connectivity index (χ4v) is 2.52. The van der Waals surface area contributed by atoms with Gasteiger partial charge in [0.1, 0.15) is 0 Å². The first-order valence-electron chi connectivity index (χ1n) is 7.41. The van der Waals surface area contributed by atoms with Crippen molar-refractivity contribution >= 4 is 33.9 Å². The first-order valence-corrected chi connectivity index (χ1v) is 8.21. The molecule has 0 saturated heterocycles. The third-order valence-electron chi connectivity index (χ3n) is 3.62. The summed E-state index contributed by atoms with van der Waals surface area (Å²) in [5, 5.41) is 0. The number of halogens is 1. The zero-order chi connectivity index (χ0) is 16.4. The Hall–Kier alpha value is -2.20. The van der Waals surface area contributed by atoms with Crippen LogP contribution in [0.15, 0.2) is 63.7 Å². The van der Waals surface area contributed by atoms with Crippen LogP contribution in [0.2, 0.25) is 0 Å². The van der Waals surface area contributed by atoms with Crippen molar-refractivity contribution < 1.29 is 9.53 Å². The molecular weight excluding hydrogens is 354 g/mol. The Kier molecular flexibility index (Phi) is 4.44. The predicted molar refractivity (Wildman–Crippen MR) is 95.3 cm³/mol. The maximum absolute atomic E-state index is 12.0. The molecule has 0 amide bonds. The van der Waals surface area contributed by atoms with Gasteiger partial charge in [0, 0.05) is 10.0 Å². The molecular formula is C19H16BrNO2. The average molecular weight is 370 g/mol. The van der Waals surface area contributed by atoms with Crippen LogP contribution < -0.4 is 0 Å². The van der Waals surface area contributed by atoms with Crippen molar-refractivity contribution in [2.75, 3.05) is 0 Å². The van der Waals surface area contributed by atoms with Crippen molar-refractivity contribution in [1.29, 1.82) is 0 Å². The summed E-state index contributed by atoms with van der Waals surface area (Å²) in [5.74, 6) is 0.398. The molecule has 23 heavy (non-hydrogen) atoms. The van der Waals surface area contributed by atoms with E-state index in [1.807, 2.05) is 48.5 Å². The van der Waals surface area contributed by atoms with Gasteiger partial charge in [-0.25, -0.2) is 9.79 Å². The van der Waals surface area contributed by atoms with Crippen LogP contribution in [-0.2, 0) is 9.53 Å². The highest BCUT2D eigenvalue weighted by Crippen LogP contribution is 2.21. The van der Waals surface area contributed by atoms with E-state index in [-0.39, 0.29) is 0 Å². The van der Waals surface area contributed by atoms with Gasteiger partial charge >= 0.3 is 5.97 Å². The highest BCUT2D eigenvalue weighted by atomic mass is 79.9. The third kappa shape index (κ3) is 3.59. The Balaban J connectivity index is 1.87. The van der Waals surface area contributed by atoms with Crippen LogP contribution in [0, 0.1) is 0 Å². The lowest BCUT2D eigenvalue weighted by Gasteiger charge is -2.05. The quantitative estimate of drug-likeness (QED) is 0.568. The van der Waals surface area contributed by atoms with Gasteiger partial charge < -0.3 is 4.74 Å². The molecule has 0 spiro atoms. The van der Waals surface area contributed by atoms with Gasteiger partial charge in [-0.15, -0.1) is 0 Å². The summed E-state index contributed by atoms with van der Waals surface area (Å²) in [6.07, 6.45) is 1.73. The summed E-state index contributed by atoms with van der Waals surface area (Å²) in [6, 6.07) is 15.6. The molecule has 116 valence electrons. The van der Waals surface area contributed by atoms with Gasteiger partial charge in [0.15, 0.2) is 5.70 Å². The molecule has 0 aliphatic carbocycles. The van der Waals surface area contributed by atoms with Gasteiger partial charge in [0.25, 0.3) is 0 Å². The SMILES string of the molecule is CC(C)c1ccc(C2=N/C(=C/c3ccc(Br)cc3)C(=O)O2)cc1. The molecule has 0 fully saturated rings. The highest BCUT2D eigenvalue weighted by Gasteiger charge is 2.24. The van der Waals surface area contributed by atoms with Crippen LogP contribution in [0.5, 0.6) is 0 Å². The minimum absolute atomic E-state index is 0.315. The zero-order valence-electron chi connectivity index (χ0n) is 12.9. The summed E-state index contributed by atoms with van der Waals surface area (Å²) in [5.41, 5.74) is 3.27. The monoisotopic (exact) mass is 369 g/mol. The van der Waals surface area contributed by atoms with Gasteiger partial charge in [-0.2, -0.15) is 0 Å². The molecule has 3 nitrogen and oxygen atoms in total. The van der Waals surface area contributed by atoms with E-state index in [1.54, 1.807) is 6.08 Å². The van der Waals surface area contributed by atoms with Crippen molar-refractivity contribution in [3.8, 4) is 0 Å². The molecule has 0 atom stereocenters. The number of rotatable bonds is 3. The van der Waals surface area contributed by atoms with E-state index in [9.17, 15) is 4.79 Å². The van der Waals surface area contributed by atoms with E-state index in [0.717, 1.165) is 15.6 Å². The molecule has 1 aliphatic heterocycles. The smallest absolute Gasteiger partial charge is 0.363 e. The minimum Gasteiger partial charge on any atom is -0.402 e. The molecule has 0 saturated carbocycles. The Morgan fingerprint density at radius 2 is 1.70 bits per heavy atom. The first-order chi connectivity index (χ1) is 11.0. The number of nitrogens with zero attached hydrogens (tertiary/aromatic N) is 1. The third-order valence-corrected chi connectivity index (χ3v) is 4.15. The lowest BCUT2D eigenvalue weighted by molar-refractivity contribution is -0.129. The number of hydrogen-bond donors (Lipinski definition) is 0. The van der Waals surface area contributed by atoms with Crippen molar-refractivity contribution in [2.24, 2.45) is 4.99 Å². The molecule has 2 aromatic carbocycles. The van der Waals surface area contributed by atoms with Gasteiger partial charge in [0.2, 0.25) is 5.90 Å². The topological polar surface area (TPSA) is 38.7 Å². The first kappa shape index (κ1) is 15.7. The number of ether oxygens (including phenoxy) is 1. The number of carbonyl (C=O) groups excluding carboxylic acids is 1. The van der Waals surface area contributed by atoms with Crippen LogP contribution in [0.25, 0.3) is 6.08 Å². The zero-order valence-corrected chi connectivity index (χ0v) is 14.5. The molecule has 2 aromatic rings. The molecule has 0 radical (unpaired) electrons. The molecule has 3 rings (SSSR count). The van der Waals surface area contributed by atoms with Crippen LogP contribution >= 0.6 is 15.9 Å². The minimum atomic E-state index is -0.421. The number of benzene rings is 2. The van der Waals surface area contributed by atoms with Crippen molar-refractivity contribution in [1.82, 2.24) is 0 Å². The van der Waals surface area contributed by atoms with E-state index in [0.29, 0.717) is 17.5 Å². The Morgan fingerprint density at radius 3 is 2.30 bits per heavy atom. The molecule has 4 heteroatoms. The Bertz CT molecular complexity index is 787. The van der Waals surface area contributed by atoms with Gasteiger partial charge in [-0.1, -0.05) is 54.0 Å². The van der Waals surface area contributed by atoms with Crippen LogP contribution in [0.1, 0.15) is 36.5 Å². The normalized spacial score (nSPS) is 15.9. The summed E-state index contributed by atoms with van der Waals surface area (Å²) >= 11 is 3.39. The largest absolute Gasteiger partial charge is 0.402 e. The van der Waals surface area contributed by atoms with E-state index in [1.165, 1.54) is 5.56 Å². The molecule has 1 heterocycles. The second-order valence-corrected chi connectivity index (χ2v) is 6.58. The van der Waals surface area contributed by atoms with Crippen LogP contribution in [0.4, 0.5) is 0 Å². The van der Waals surface area contributed by atoms with Crippen molar-refractivity contribution in [3.05, 3.63) is 75.4 Å². The maximum Gasteiger partial charge on any atom is 0.363 e. The molecule has 0 unspecified atom stereocenters. The number of aliphatic imine (C=N–C) groups is 1. The van der Waals surface area contributed by atoms with Crippen molar-refractivity contribution in [2.45, 2.75) is 19.8 Å². The van der Waals surface area contributed by atoms with Gasteiger partial charge in [0.05, 0.1) is 0 Å². The van der Waals surface area contributed by atoms with Gasteiger partial charge in [-0.05, 0) is 47.4 Å². The van der Waals surface area contributed by atoms with E-state index >= 15 is 0 Å². The summed E-state index contributed by atoms with van der Waals surface area (Å²) in [6.45, 7) is 4.28. The van der Waals surface area contributed by atoms with Crippen molar-refractivity contribution in [3.63, 3.8) is 0 Å². The molecule has 1 aliphatic rings. The number of cyclic esters (lactones) is 1. The molecule has 0 N–H and O–H groups in total. The highest BCUT2D eigenvalue weighted by molar-refractivity contribution is 9.10. The van der Waals surface area contributed by atoms with E-state index < -0.39 is 5.97 Å². The summed E-state index contributed by atoms with van der Waals surface area (Å²) < 4.78 is 6.28.